The topological polar surface area (TPSA) is 61.8 Å². The van der Waals surface area contributed by atoms with Gasteiger partial charge in [0.25, 0.3) is 0 Å². The average molecular weight is 569 g/mol. The summed E-state index contributed by atoms with van der Waals surface area (Å²) in [6, 6.07) is 43.0. The molecule has 4 unspecified atom stereocenters. The van der Waals surface area contributed by atoms with Crippen LogP contribution in [0.2, 0.25) is 0 Å². The summed E-state index contributed by atoms with van der Waals surface area (Å²) in [5.74, 6) is -0.776. The molecule has 0 amide bonds. The van der Waals surface area contributed by atoms with Crippen molar-refractivity contribution in [2.24, 2.45) is 0 Å². The van der Waals surface area contributed by atoms with Gasteiger partial charge in [-0.05, 0) is 54.4 Å². The van der Waals surface area contributed by atoms with Gasteiger partial charge in [-0.15, -0.1) is 0 Å². The summed E-state index contributed by atoms with van der Waals surface area (Å²) < 4.78 is 19.9. The second-order valence-electron chi connectivity index (χ2n) is 10.8. The molecule has 5 heteroatoms. The molecule has 0 heterocycles. The van der Waals surface area contributed by atoms with Gasteiger partial charge in [-0.1, -0.05) is 110 Å². The van der Waals surface area contributed by atoms with Crippen molar-refractivity contribution in [1.29, 1.82) is 0 Å². The van der Waals surface area contributed by atoms with E-state index in [2.05, 4.69) is 0 Å². The number of para-hydroxylation sites is 1. The molecule has 5 aromatic rings. The number of benzene rings is 5. The Kier molecular flexibility index (Phi) is 7.80. The van der Waals surface area contributed by atoms with Crippen LogP contribution in [0.1, 0.15) is 55.8 Å². The van der Waals surface area contributed by atoms with Crippen molar-refractivity contribution in [3.63, 3.8) is 0 Å². The van der Waals surface area contributed by atoms with Gasteiger partial charge in [0.15, 0.2) is 17.8 Å². The van der Waals surface area contributed by atoms with Crippen molar-refractivity contribution in [2.75, 3.05) is 0 Å². The predicted octanol–water partition coefficient (Wildman–Crippen LogP) is 7.89. The molecule has 6 rings (SSSR count). The zero-order valence-corrected chi connectivity index (χ0v) is 24.1. The van der Waals surface area contributed by atoms with E-state index in [9.17, 15) is 9.59 Å². The second kappa shape index (κ2) is 12.0. The van der Waals surface area contributed by atoms with Crippen molar-refractivity contribution in [3.8, 4) is 5.75 Å². The van der Waals surface area contributed by atoms with E-state index in [0.29, 0.717) is 16.9 Å². The second-order valence-corrected chi connectivity index (χ2v) is 10.8. The molecular formula is C38H32O5. The SMILES string of the molecule is Cc1ccccc1C1(Oc2ccccc2)c2ccccc2C(C)C(OC(=O)c2ccccc2)C1OC(=O)c1ccccc1. The minimum Gasteiger partial charge on any atom is -0.474 e. The van der Waals surface area contributed by atoms with Crippen molar-refractivity contribution in [3.05, 3.63) is 173 Å². The van der Waals surface area contributed by atoms with Crippen LogP contribution in [0.3, 0.4) is 0 Å². The number of hydrogen-bond donors (Lipinski definition) is 0. The summed E-state index contributed by atoms with van der Waals surface area (Å²) in [6.45, 7) is 4.00. The zero-order chi connectivity index (χ0) is 29.8. The van der Waals surface area contributed by atoms with Gasteiger partial charge in [0, 0.05) is 17.0 Å². The Labute approximate surface area is 251 Å². The van der Waals surface area contributed by atoms with Gasteiger partial charge >= 0.3 is 11.9 Å². The third-order valence-electron chi connectivity index (χ3n) is 8.11. The number of hydrogen-bond acceptors (Lipinski definition) is 5. The van der Waals surface area contributed by atoms with E-state index < -0.39 is 29.7 Å². The summed E-state index contributed by atoms with van der Waals surface area (Å²) in [4.78, 5) is 27.5. The standard InChI is InChI=1S/C38H32O5/c1-26-16-12-14-24-32(26)38(43-30-21-10-5-11-22-30)33-25-15-13-23-31(33)27(2)34(41-36(39)28-17-6-3-7-18-28)35(38)42-37(40)29-19-8-4-9-20-29/h3-25,27,34-35H,1-2H3. The van der Waals surface area contributed by atoms with Gasteiger partial charge in [-0.3, -0.25) is 0 Å². The predicted molar refractivity (Wildman–Crippen MR) is 165 cm³/mol. The van der Waals surface area contributed by atoms with E-state index in [1.165, 1.54) is 0 Å². The molecule has 0 saturated heterocycles. The number of carbonyl (C=O) groups is 2. The van der Waals surface area contributed by atoms with E-state index in [0.717, 1.165) is 22.3 Å². The van der Waals surface area contributed by atoms with Crippen LogP contribution in [0, 0.1) is 6.92 Å². The van der Waals surface area contributed by atoms with Crippen LogP contribution in [-0.4, -0.2) is 24.1 Å². The first-order valence-electron chi connectivity index (χ1n) is 14.4. The number of carbonyl (C=O) groups excluding carboxylic acids is 2. The first-order chi connectivity index (χ1) is 21.0. The smallest absolute Gasteiger partial charge is 0.338 e. The van der Waals surface area contributed by atoms with Gasteiger partial charge in [-0.25, -0.2) is 9.59 Å². The van der Waals surface area contributed by atoms with Crippen LogP contribution in [0.5, 0.6) is 5.75 Å². The van der Waals surface area contributed by atoms with E-state index in [-0.39, 0.29) is 5.92 Å². The number of fused-ring (bicyclic) bond motifs is 1. The molecule has 0 aliphatic heterocycles. The molecule has 0 saturated carbocycles. The lowest BCUT2D eigenvalue weighted by molar-refractivity contribution is -0.122. The fourth-order valence-electron chi connectivity index (χ4n) is 6.02. The highest BCUT2D eigenvalue weighted by Crippen LogP contribution is 2.51. The fraction of sp³-hybridized carbons (Fsp3) is 0.158. The van der Waals surface area contributed by atoms with Gasteiger partial charge in [0.2, 0.25) is 0 Å². The van der Waals surface area contributed by atoms with Crippen LogP contribution in [0.15, 0.2) is 140 Å². The van der Waals surface area contributed by atoms with Gasteiger partial charge in [0.1, 0.15) is 5.75 Å². The molecule has 0 aromatic heterocycles. The normalized spacial score (nSPS) is 20.8. The number of ether oxygens (including phenoxy) is 3. The monoisotopic (exact) mass is 568 g/mol. The molecule has 5 aromatic carbocycles. The van der Waals surface area contributed by atoms with Crippen LogP contribution >= 0.6 is 0 Å². The van der Waals surface area contributed by atoms with Crippen LogP contribution in [0.4, 0.5) is 0 Å². The molecule has 0 bridgehead atoms. The third-order valence-corrected chi connectivity index (χ3v) is 8.11. The molecule has 1 aliphatic carbocycles. The Bertz CT molecular complexity index is 1720. The van der Waals surface area contributed by atoms with Gasteiger partial charge in [-0.2, -0.15) is 0 Å². The molecule has 5 nitrogen and oxygen atoms in total. The molecule has 214 valence electrons. The molecular weight excluding hydrogens is 536 g/mol. The zero-order valence-electron chi connectivity index (χ0n) is 24.1. The maximum absolute atomic E-state index is 13.9. The first kappa shape index (κ1) is 28.0. The first-order valence-corrected chi connectivity index (χ1v) is 14.4. The van der Waals surface area contributed by atoms with E-state index in [1.807, 2.05) is 105 Å². The van der Waals surface area contributed by atoms with Gasteiger partial charge in [0.05, 0.1) is 11.1 Å². The Morgan fingerprint density at radius 1 is 0.581 bits per heavy atom. The third kappa shape index (κ3) is 5.30. The molecule has 1 aliphatic rings. The van der Waals surface area contributed by atoms with E-state index in [1.54, 1.807) is 48.5 Å². The van der Waals surface area contributed by atoms with Crippen LogP contribution < -0.4 is 4.74 Å². The maximum Gasteiger partial charge on any atom is 0.338 e. The highest BCUT2D eigenvalue weighted by molar-refractivity contribution is 5.90. The van der Waals surface area contributed by atoms with Crippen molar-refractivity contribution in [2.45, 2.75) is 37.6 Å². The quantitative estimate of drug-likeness (QED) is 0.187. The van der Waals surface area contributed by atoms with Crippen LogP contribution in [0.25, 0.3) is 0 Å². The number of rotatable bonds is 7. The Balaban J connectivity index is 1.61. The fourth-order valence-corrected chi connectivity index (χ4v) is 6.02. The maximum atomic E-state index is 13.9. The Morgan fingerprint density at radius 2 is 1.07 bits per heavy atom. The van der Waals surface area contributed by atoms with Crippen molar-refractivity contribution < 1.29 is 23.8 Å². The van der Waals surface area contributed by atoms with E-state index >= 15 is 0 Å². The van der Waals surface area contributed by atoms with Crippen LogP contribution in [-0.2, 0) is 15.1 Å². The summed E-state index contributed by atoms with van der Waals surface area (Å²) in [7, 11) is 0. The summed E-state index contributed by atoms with van der Waals surface area (Å²) >= 11 is 0. The largest absolute Gasteiger partial charge is 0.474 e. The molecule has 0 N–H and O–H groups in total. The molecule has 0 fully saturated rings. The van der Waals surface area contributed by atoms with Crippen molar-refractivity contribution >= 4 is 11.9 Å². The Morgan fingerprint density at radius 3 is 1.67 bits per heavy atom. The van der Waals surface area contributed by atoms with E-state index in [4.69, 9.17) is 14.2 Å². The molecule has 4 atom stereocenters. The molecule has 0 radical (unpaired) electrons. The number of esters is 2. The summed E-state index contributed by atoms with van der Waals surface area (Å²) in [5.41, 5.74) is 2.98. The lowest BCUT2D eigenvalue weighted by atomic mass is 9.66. The average Bonchev–Trinajstić information content (AvgIpc) is 3.06. The number of aryl methyl sites for hydroxylation is 1. The summed E-state index contributed by atoms with van der Waals surface area (Å²) in [5, 5.41) is 0. The Hall–Kier alpha value is -5.16. The lowest BCUT2D eigenvalue weighted by Gasteiger charge is -2.50. The molecule has 0 spiro atoms. The highest BCUT2D eigenvalue weighted by atomic mass is 16.6. The summed E-state index contributed by atoms with van der Waals surface area (Å²) in [6.07, 6.45) is -1.95. The van der Waals surface area contributed by atoms with Crippen molar-refractivity contribution in [1.82, 2.24) is 0 Å². The highest BCUT2D eigenvalue weighted by Gasteiger charge is 2.59. The minimum atomic E-state index is -1.36. The molecule has 43 heavy (non-hydrogen) atoms. The lowest BCUT2D eigenvalue weighted by Crippen LogP contribution is -2.59. The van der Waals surface area contributed by atoms with Gasteiger partial charge < -0.3 is 14.2 Å². The minimum absolute atomic E-state index is 0.325.